The maximum Gasteiger partial charge on any atom is 0.356 e. The number of hydrogen-bond donors (Lipinski definition) is 1. The Balaban J connectivity index is 1.34. The quantitative estimate of drug-likeness (QED) is 0.248. The first kappa shape index (κ1) is 24.9. The van der Waals surface area contributed by atoms with Crippen LogP contribution < -0.4 is 5.73 Å². The molecular weight excluding hydrogens is 537 g/mol. The molecule has 1 amide bonds. The number of thiazole rings is 1. The number of hydrogen-bond acceptors (Lipinski definition) is 9. The van der Waals surface area contributed by atoms with E-state index in [-0.39, 0.29) is 17.0 Å². The van der Waals surface area contributed by atoms with Crippen LogP contribution in [-0.4, -0.2) is 43.9 Å². The van der Waals surface area contributed by atoms with E-state index in [0.717, 1.165) is 31.6 Å². The van der Waals surface area contributed by atoms with Crippen LogP contribution in [0.25, 0.3) is 11.3 Å². The van der Waals surface area contributed by atoms with Gasteiger partial charge in [0.1, 0.15) is 17.1 Å². The molecule has 4 aromatic rings. The second-order valence-corrected chi connectivity index (χ2v) is 12.0. The number of aromatic nitrogens is 2. The van der Waals surface area contributed by atoms with Crippen LogP contribution in [0.3, 0.4) is 0 Å². The van der Waals surface area contributed by atoms with Crippen LogP contribution in [0, 0.1) is 0 Å². The van der Waals surface area contributed by atoms with Crippen molar-refractivity contribution in [3.05, 3.63) is 112 Å². The lowest BCUT2D eigenvalue weighted by Crippen LogP contribution is -2.68. The third-order valence-corrected chi connectivity index (χ3v) is 9.77. The molecule has 0 unspecified atom stereocenters. The highest BCUT2D eigenvalue weighted by Gasteiger charge is 2.52. The molecule has 190 valence electrons. The van der Waals surface area contributed by atoms with Crippen molar-refractivity contribution in [3.8, 4) is 11.3 Å². The summed E-state index contributed by atoms with van der Waals surface area (Å²) in [6.45, 7) is 0. The van der Waals surface area contributed by atoms with Crippen molar-refractivity contribution in [1.82, 2.24) is 14.9 Å². The van der Waals surface area contributed by atoms with Crippen LogP contribution in [0.4, 0.5) is 0 Å². The lowest BCUT2D eigenvalue weighted by Gasteiger charge is -2.48. The largest absolute Gasteiger partial charge is 0.448 e. The third kappa shape index (κ3) is 4.76. The molecule has 0 bridgehead atoms. The number of nitrogens with zero attached hydrogens (tertiary/aromatic N) is 3. The summed E-state index contributed by atoms with van der Waals surface area (Å²) in [4.78, 5) is 37.7. The fraction of sp³-hybridized carbons (Fsp3) is 0.143. The van der Waals surface area contributed by atoms with E-state index in [1.807, 2.05) is 78.2 Å². The number of β-lactam (4-membered cyclic amide) rings is 1. The van der Waals surface area contributed by atoms with E-state index in [0.29, 0.717) is 5.75 Å². The summed E-state index contributed by atoms with van der Waals surface area (Å²) in [6, 6.07) is 22.4. The van der Waals surface area contributed by atoms with Gasteiger partial charge in [0.25, 0.3) is 0 Å². The predicted molar refractivity (Wildman–Crippen MR) is 150 cm³/mol. The molecule has 10 heteroatoms. The van der Waals surface area contributed by atoms with Gasteiger partial charge in [0.15, 0.2) is 10.4 Å². The van der Waals surface area contributed by atoms with Gasteiger partial charge in [-0.15, -0.1) is 23.1 Å². The van der Waals surface area contributed by atoms with Crippen molar-refractivity contribution in [2.75, 3.05) is 5.75 Å². The molecule has 1 fully saturated rings. The number of carbonyl (C=O) groups is 2. The van der Waals surface area contributed by atoms with E-state index >= 15 is 0 Å². The van der Waals surface area contributed by atoms with E-state index < -0.39 is 18.1 Å². The Hall–Kier alpha value is -3.44. The fourth-order valence-electron chi connectivity index (χ4n) is 4.37. The van der Waals surface area contributed by atoms with E-state index in [1.165, 1.54) is 28.0 Å². The van der Waals surface area contributed by atoms with Gasteiger partial charge in [-0.1, -0.05) is 72.4 Å². The molecule has 2 aliphatic heterocycles. The Morgan fingerprint density at radius 2 is 1.68 bits per heavy atom. The molecule has 2 aromatic heterocycles. The standard InChI is InChI=1S/C28H22N4O3S3/c29-22-25(33)32-23(27(34)35-24(18-7-3-1-4-8-18)19-9-5-2-6-10-19)21(16-36-26(22)32)38-28-31-20(15-37-28)17-11-13-30-14-12-17/h1-15,22,24,26H,16,29H2/t22-,26+/m1/s1. The second-order valence-electron chi connectivity index (χ2n) is 8.65. The van der Waals surface area contributed by atoms with Crippen LogP contribution >= 0.6 is 34.9 Å². The first-order valence-electron chi connectivity index (χ1n) is 11.9. The van der Waals surface area contributed by atoms with Crippen molar-refractivity contribution >= 4 is 46.7 Å². The van der Waals surface area contributed by atoms with Gasteiger partial charge in [-0.05, 0) is 23.3 Å². The summed E-state index contributed by atoms with van der Waals surface area (Å²) in [5.41, 5.74) is 9.82. The molecule has 0 saturated carbocycles. The molecular formula is C28H22N4O3S3. The van der Waals surface area contributed by atoms with Crippen molar-refractivity contribution in [3.63, 3.8) is 0 Å². The maximum absolute atomic E-state index is 13.9. The number of pyridine rings is 1. The van der Waals surface area contributed by atoms with Crippen molar-refractivity contribution < 1.29 is 14.3 Å². The molecule has 4 heterocycles. The minimum Gasteiger partial charge on any atom is -0.448 e. The van der Waals surface area contributed by atoms with Crippen LogP contribution in [0.15, 0.2) is 106 Å². The van der Waals surface area contributed by atoms with Gasteiger partial charge < -0.3 is 10.5 Å². The van der Waals surface area contributed by atoms with Gasteiger partial charge in [0.2, 0.25) is 5.91 Å². The van der Waals surface area contributed by atoms with Gasteiger partial charge in [-0.25, -0.2) is 9.78 Å². The number of ether oxygens (including phenoxy) is 1. The summed E-state index contributed by atoms with van der Waals surface area (Å²) >= 11 is 4.43. The minimum atomic E-state index is -0.633. The van der Waals surface area contributed by atoms with E-state index in [9.17, 15) is 9.59 Å². The summed E-state index contributed by atoms with van der Waals surface area (Å²) in [5.74, 6) is -0.301. The zero-order valence-corrected chi connectivity index (χ0v) is 22.4. The average molecular weight is 559 g/mol. The minimum absolute atomic E-state index is 0.253. The summed E-state index contributed by atoms with van der Waals surface area (Å²) in [5, 5.41) is 1.69. The zero-order valence-electron chi connectivity index (χ0n) is 20.0. The molecule has 7 nitrogen and oxygen atoms in total. The molecule has 0 aliphatic carbocycles. The lowest BCUT2D eigenvalue weighted by atomic mass is 10.0. The van der Waals surface area contributed by atoms with Gasteiger partial charge in [0, 0.05) is 34.0 Å². The number of benzene rings is 2. The Kier molecular flexibility index (Phi) is 7.03. The molecule has 0 spiro atoms. The summed E-state index contributed by atoms with van der Waals surface area (Å²) in [7, 11) is 0. The first-order valence-corrected chi connectivity index (χ1v) is 14.6. The molecule has 2 aromatic carbocycles. The molecule has 2 atom stereocenters. The molecule has 38 heavy (non-hydrogen) atoms. The van der Waals surface area contributed by atoms with E-state index in [2.05, 4.69) is 4.98 Å². The SMILES string of the molecule is N[C@@H]1C(=O)N2C(C(=O)OC(c3ccccc3)c3ccccc3)=C(Sc3nc(-c4ccncc4)cs3)CS[C@@H]12. The fourth-order valence-corrected chi connectivity index (χ4v) is 7.77. The highest BCUT2D eigenvalue weighted by Crippen LogP contribution is 2.46. The van der Waals surface area contributed by atoms with Crippen LogP contribution in [0.2, 0.25) is 0 Å². The first-order chi connectivity index (χ1) is 18.6. The number of carbonyl (C=O) groups excluding carboxylic acids is 2. The number of rotatable bonds is 7. The van der Waals surface area contributed by atoms with Crippen molar-refractivity contribution in [2.24, 2.45) is 5.73 Å². The molecule has 0 radical (unpaired) electrons. The second kappa shape index (κ2) is 10.7. The monoisotopic (exact) mass is 558 g/mol. The molecule has 6 rings (SSSR count). The topological polar surface area (TPSA) is 98.4 Å². The van der Waals surface area contributed by atoms with Crippen molar-refractivity contribution in [1.29, 1.82) is 0 Å². The van der Waals surface area contributed by atoms with Crippen LogP contribution in [-0.2, 0) is 14.3 Å². The van der Waals surface area contributed by atoms with Crippen molar-refractivity contribution in [2.45, 2.75) is 21.9 Å². The number of thioether (sulfide) groups is 2. The average Bonchev–Trinajstić information content (AvgIpc) is 3.45. The number of esters is 1. The number of fused-ring (bicyclic) bond motifs is 1. The highest BCUT2D eigenvalue weighted by molar-refractivity contribution is 8.07. The maximum atomic E-state index is 13.9. The summed E-state index contributed by atoms with van der Waals surface area (Å²) < 4.78 is 6.94. The van der Waals surface area contributed by atoms with Crippen LogP contribution in [0.5, 0.6) is 0 Å². The Morgan fingerprint density at radius 3 is 2.34 bits per heavy atom. The number of nitrogens with two attached hydrogens (primary N) is 1. The zero-order chi connectivity index (χ0) is 26.1. The normalized spacial score (nSPS) is 18.8. The lowest BCUT2D eigenvalue weighted by molar-refractivity contribution is -0.152. The van der Waals surface area contributed by atoms with Gasteiger partial charge >= 0.3 is 5.97 Å². The summed E-state index contributed by atoms with van der Waals surface area (Å²) in [6.07, 6.45) is 2.83. The Bertz CT molecular complexity index is 1460. The highest BCUT2D eigenvalue weighted by atomic mass is 32.2. The van der Waals surface area contributed by atoms with E-state index in [1.54, 1.807) is 24.2 Å². The van der Waals surface area contributed by atoms with Gasteiger partial charge in [0.05, 0.1) is 5.69 Å². The van der Waals surface area contributed by atoms with Gasteiger partial charge in [-0.3, -0.25) is 14.7 Å². The Morgan fingerprint density at radius 1 is 1.03 bits per heavy atom. The molecule has 2 aliphatic rings. The third-order valence-electron chi connectivity index (χ3n) is 6.27. The smallest absolute Gasteiger partial charge is 0.356 e. The Labute approximate surface area is 232 Å². The molecule has 1 saturated heterocycles. The predicted octanol–water partition coefficient (Wildman–Crippen LogP) is 5.08. The van der Waals surface area contributed by atoms with E-state index in [4.69, 9.17) is 15.5 Å². The molecule has 2 N–H and O–H groups in total. The van der Waals surface area contributed by atoms with Gasteiger partial charge in [-0.2, -0.15) is 0 Å². The van der Waals surface area contributed by atoms with Crippen LogP contribution in [0.1, 0.15) is 17.2 Å². The number of amides is 1.